The second kappa shape index (κ2) is 3.66. The topological polar surface area (TPSA) is 30.7 Å². The number of hydrogen-bond donors (Lipinski definition) is 0. The van der Waals surface area contributed by atoms with Gasteiger partial charge >= 0.3 is 6.18 Å². The quantitative estimate of drug-likeness (QED) is 0.759. The van der Waals surface area contributed by atoms with Crippen LogP contribution in [0.1, 0.15) is 24.2 Å². The van der Waals surface area contributed by atoms with Crippen LogP contribution in [-0.4, -0.2) is 15.0 Å². The fourth-order valence-corrected chi connectivity index (χ4v) is 1.60. The van der Waals surface area contributed by atoms with Gasteiger partial charge in [-0.1, -0.05) is 5.21 Å². The molecular weight excluding hydrogens is 231 g/mol. The number of halogens is 4. The number of nitrogens with zero attached hydrogens (tertiary/aromatic N) is 3. The van der Waals surface area contributed by atoms with Gasteiger partial charge in [0.2, 0.25) is 0 Å². The first-order chi connectivity index (χ1) is 7.02. The summed E-state index contributed by atoms with van der Waals surface area (Å²) in [5.74, 6) is 0.0513. The Labute approximate surface area is 89.2 Å². The van der Waals surface area contributed by atoms with Gasteiger partial charge < -0.3 is 0 Å². The van der Waals surface area contributed by atoms with Gasteiger partial charge in [0.25, 0.3) is 0 Å². The van der Waals surface area contributed by atoms with E-state index in [1.54, 1.807) is 0 Å². The van der Waals surface area contributed by atoms with E-state index in [0.717, 1.165) is 17.5 Å². The first-order valence-corrected chi connectivity index (χ1v) is 5.11. The second-order valence-electron chi connectivity index (χ2n) is 3.64. The van der Waals surface area contributed by atoms with Gasteiger partial charge in [-0.25, -0.2) is 4.68 Å². The van der Waals surface area contributed by atoms with Gasteiger partial charge in [0, 0.05) is 6.54 Å². The second-order valence-corrected chi connectivity index (χ2v) is 3.91. The van der Waals surface area contributed by atoms with Crippen molar-refractivity contribution in [3.63, 3.8) is 0 Å². The maximum Gasteiger partial charge on any atom is 0.434 e. The summed E-state index contributed by atoms with van der Waals surface area (Å²) in [5, 5.41) is 6.94. The zero-order valence-corrected chi connectivity index (χ0v) is 8.52. The van der Waals surface area contributed by atoms with Crippen molar-refractivity contribution in [3.05, 3.63) is 11.4 Å². The maximum atomic E-state index is 12.6. The molecule has 1 aliphatic rings. The van der Waals surface area contributed by atoms with E-state index in [0.29, 0.717) is 12.5 Å². The highest BCUT2D eigenvalue weighted by molar-refractivity contribution is 6.16. The minimum absolute atomic E-state index is 0.190. The number of aromatic nitrogens is 3. The first kappa shape index (κ1) is 10.7. The SMILES string of the molecule is FC(F)(F)c1c(CCl)nnn1CC1CC1. The molecule has 2 rings (SSSR count). The third-order valence-corrected chi connectivity index (χ3v) is 2.58. The third kappa shape index (κ3) is 2.25. The highest BCUT2D eigenvalue weighted by Crippen LogP contribution is 2.35. The first-order valence-electron chi connectivity index (χ1n) is 4.58. The van der Waals surface area contributed by atoms with E-state index in [1.807, 2.05) is 0 Å². The van der Waals surface area contributed by atoms with Crippen molar-refractivity contribution in [1.82, 2.24) is 15.0 Å². The highest BCUT2D eigenvalue weighted by Gasteiger charge is 2.40. The van der Waals surface area contributed by atoms with Crippen molar-refractivity contribution in [3.8, 4) is 0 Å². The average Bonchev–Trinajstić information content (AvgIpc) is 2.81. The molecule has 0 saturated heterocycles. The smallest absolute Gasteiger partial charge is 0.240 e. The summed E-state index contributed by atoms with van der Waals surface area (Å²) in [6.07, 6.45) is -2.50. The lowest BCUT2D eigenvalue weighted by Gasteiger charge is -2.09. The monoisotopic (exact) mass is 239 g/mol. The molecule has 0 spiro atoms. The fourth-order valence-electron chi connectivity index (χ4n) is 1.42. The van der Waals surface area contributed by atoms with Gasteiger partial charge in [0.05, 0.1) is 5.88 Å². The van der Waals surface area contributed by atoms with E-state index in [4.69, 9.17) is 11.6 Å². The summed E-state index contributed by atoms with van der Waals surface area (Å²) >= 11 is 5.39. The summed E-state index contributed by atoms with van der Waals surface area (Å²) in [4.78, 5) is 0. The summed E-state index contributed by atoms with van der Waals surface area (Å²) < 4.78 is 38.8. The van der Waals surface area contributed by atoms with Crippen molar-refractivity contribution >= 4 is 11.6 Å². The van der Waals surface area contributed by atoms with Gasteiger partial charge in [-0.05, 0) is 18.8 Å². The molecular formula is C8H9ClF3N3. The van der Waals surface area contributed by atoms with Gasteiger partial charge in [-0.15, -0.1) is 16.7 Å². The highest BCUT2D eigenvalue weighted by atomic mass is 35.5. The largest absolute Gasteiger partial charge is 0.434 e. The lowest BCUT2D eigenvalue weighted by molar-refractivity contribution is -0.144. The minimum Gasteiger partial charge on any atom is -0.240 e. The predicted octanol–water partition coefficient (Wildman–Crippen LogP) is 2.45. The van der Waals surface area contributed by atoms with Crippen LogP contribution >= 0.6 is 11.6 Å². The zero-order chi connectivity index (χ0) is 11.1. The third-order valence-electron chi connectivity index (χ3n) is 2.33. The van der Waals surface area contributed by atoms with Crippen LogP contribution in [0.15, 0.2) is 0 Å². The van der Waals surface area contributed by atoms with Crippen LogP contribution < -0.4 is 0 Å². The molecule has 0 atom stereocenters. The normalized spacial score (nSPS) is 17.1. The average molecular weight is 240 g/mol. The molecule has 0 aromatic carbocycles. The maximum absolute atomic E-state index is 12.6. The summed E-state index contributed by atoms with van der Waals surface area (Å²) in [6, 6.07) is 0. The van der Waals surface area contributed by atoms with Crippen LogP contribution in [0.4, 0.5) is 13.2 Å². The van der Waals surface area contributed by atoms with E-state index < -0.39 is 11.9 Å². The Kier molecular flexibility index (Phi) is 2.62. The molecule has 7 heteroatoms. The van der Waals surface area contributed by atoms with Crippen molar-refractivity contribution in [2.45, 2.75) is 31.4 Å². The molecule has 1 aromatic rings. The number of alkyl halides is 4. The number of rotatable bonds is 3. The Balaban J connectivity index is 2.31. The van der Waals surface area contributed by atoms with Crippen LogP contribution in [0.5, 0.6) is 0 Å². The van der Waals surface area contributed by atoms with E-state index in [1.165, 1.54) is 0 Å². The Morgan fingerprint density at radius 1 is 1.40 bits per heavy atom. The predicted molar refractivity (Wildman–Crippen MR) is 47.3 cm³/mol. The summed E-state index contributed by atoms with van der Waals surface area (Å²) in [5.41, 5.74) is -0.991. The van der Waals surface area contributed by atoms with Gasteiger partial charge in [0.1, 0.15) is 5.69 Å². The molecule has 3 nitrogen and oxygen atoms in total. The molecule has 1 fully saturated rings. The summed E-state index contributed by atoms with van der Waals surface area (Å²) in [6.45, 7) is 0.290. The van der Waals surface area contributed by atoms with E-state index in [-0.39, 0.29) is 11.6 Å². The Hall–Kier alpha value is -0.780. The van der Waals surface area contributed by atoms with Crippen LogP contribution in [0.2, 0.25) is 0 Å². The van der Waals surface area contributed by atoms with Gasteiger partial charge in [-0.2, -0.15) is 13.2 Å². The standard InChI is InChI=1S/C8H9ClF3N3/c9-3-6-7(8(10,11)12)15(14-13-6)4-5-1-2-5/h5H,1-4H2. The molecule has 1 aromatic heterocycles. The molecule has 1 heterocycles. The Bertz CT molecular complexity index is 357. The minimum atomic E-state index is -4.43. The number of hydrogen-bond acceptors (Lipinski definition) is 2. The summed E-state index contributed by atoms with van der Waals surface area (Å²) in [7, 11) is 0. The van der Waals surface area contributed by atoms with E-state index in [2.05, 4.69) is 10.3 Å². The molecule has 0 radical (unpaired) electrons. The van der Waals surface area contributed by atoms with Crippen LogP contribution in [-0.2, 0) is 18.6 Å². The molecule has 1 saturated carbocycles. The molecule has 1 aliphatic carbocycles. The molecule has 0 bridgehead atoms. The van der Waals surface area contributed by atoms with Crippen LogP contribution in [0.25, 0.3) is 0 Å². The molecule has 84 valence electrons. The van der Waals surface area contributed by atoms with E-state index >= 15 is 0 Å². The lowest BCUT2D eigenvalue weighted by Crippen LogP contribution is -2.17. The lowest BCUT2D eigenvalue weighted by atomic mass is 10.3. The van der Waals surface area contributed by atoms with Crippen molar-refractivity contribution < 1.29 is 13.2 Å². The van der Waals surface area contributed by atoms with Gasteiger partial charge in [-0.3, -0.25) is 0 Å². The van der Waals surface area contributed by atoms with Crippen molar-refractivity contribution in [1.29, 1.82) is 0 Å². The van der Waals surface area contributed by atoms with Crippen molar-refractivity contribution in [2.24, 2.45) is 5.92 Å². The Morgan fingerprint density at radius 2 is 2.07 bits per heavy atom. The fraction of sp³-hybridized carbons (Fsp3) is 0.750. The molecule has 15 heavy (non-hydrogen) atoms. The van der Waals surface area contributed by atoms with Gasteiger partial charge in [0.15, 0.2) is 5.69 Å². The van der Waals surface area contributed by atoms with E-state index in [9.17, 15) is 13.2 Å². The molecule has 0 unspecified atom stereocenters. The molecule has 0 amide bonds. The van der Waals surface area contributed by atoms with Crippen LogP contribution in [0, 0.1) is 5.92 Å². The Morgan fingerprint density at radius 3 is 2.53 bits per heavy atom. The van der Waals surface area contributed by atoms with Crippen LogP contribution in [0.3, 0.4) is 0 Å². The zero-order valence-electron chi connectivity index (χ0n) is 7.76. The molecule has 0 N–H and O–H groups in total. The van der Waals surface area contributed by atoms with Crippen molar-refractivity contribution in [2.75, 3.05) is 0 Å². The molecule has 0 aliphatic heterocycles.